The largest absolute Gasteiger partial charge is 0.468 e. The van der Waals surface area contributed by atoms with Crippen molar-refractivity contribution in [1.82, 2.24) is 9.78 Å². The van der Waals surface area contributed by atoms with Crippen molar-refractivity contribution in [3.8, 4) is 0 Å². The number of hydrogen-bond donors (Lipinski definition) is 1. The molecule has 1 heterocycles. The maximum Gasteiger partial charge on any atom is 0.413 e. The highest BCUT2D eigenvalue weighted by Gasteiger charge is 2.52. The average molecular weight is 500 g/mol. The molecular formula is C30H33N3O4. The summed E-state index contributed by atoms with van der Waals surface area (Å²) in [5.74, 6) is 0.957. The van der Waals surface area contributed by atoms with Gasteiger partial charge in [0.1, 0.15) is 12.4 Å². The molecule has 1 amide bonds. The zero-order chi connectivity index (χ0) is 25.8. The second kappa shape index (κ2) is 10.6. The van der Waals surface area contributed by atoms with Crippen molar-refractivity contribution in [2.45, 2.75) is 63.5 Å². The summed E-state index contributed by atoms with van der Waals surface area (Å²) in [6, 6.07) is 18.1. The van der Waals surface area contributed by atoms with E-state index in [1.165, 1.54) is 18.2 Å². The Hall–Kier alpha value is -3.87. The molecule has 1 atom stereocenters. The van der Waals surface area contributed by atoms with Gasteiger partial charge in [0, 0.05) is 12.1 Å². The topological polar surface area (TPSA) is 82.5 Å². The van der Waals surface area contributed by atoms with Gasteiger partial charge in [-0.3, -0.25) is 10.1 Å². The van der Waals surface area contributed by atoms with E-state index in [4.69, 9.17) is 9.47 Å². The molecule has 0 aliphatic heterocycles. The van der Waals surface area contributed by atoms with Crippen LogP contribution in [0, 0.1) is 0 Å². The maximum absolute atomic E-state index is 12.6. The zero-order valence-corrected chi connectivity index (χ0v) is 21.4. The molecule has 0 radical (unpaired) electrons. The number of nitrogens with zero attached hydrogens (tertiary/aromatic N) is 2. The third-order valence-corrected chi connectivity index (χ3v) is 7.59. The number of amides is 1. The van der Waals surface area contributed by atoms with Crippen LogP contribution in [0.3, 0.4) is 0 Å². The molecule has 0 bridgehead atoms. The number of esters is 1. The predicted octanol–water partition coefficient (Wildman–Crippen LogP) is 6.21. The molecule has 1 saturated carbocycles. The number of benzene rings is 2. The summed E-state index contributed by atoms with van der Waals surface area (Å²) in [4.78, 5) is 24.8. The summed E-state index contributed by atoms with van der Waals surface area (Å²) in [6.07, 6.45) is 8.12. The van der Waals surface area contributed by atoms with Crippen LogP contribution in [0.5, 0.6) is 0 Å². The minimum absolute atomic E-state index is 0.133. The van der Waals surface area contributed by atoms with Crippen LogP contribution in [-0.2, 0) is 32.8 Å². The van der Waals surface area contributed by atoms with E-state index in [2.05, 4.69) is 40.8 Å². The third-order valence-electron chi connectivity index (χ3n) is 7.59. The maximum atomic E-state index is 12.6. The molecule has 2 aliphatic carbocycles. The van der Waals surface area contributed by atoms with E-state index >= 15 is 0 Å². The van der Waals surface area contributed by atoms with E-state index in [1.54, 1.807) is 4.68 Å². The van der Waals surface area contributed by atoms with Gasteiger partial charge in [-0.25, -0.2) is 9.48 Å². The molecule has 2 aromatic carbocycles. The van der Waals surface area contributed by atoms with Crippen molar-refractivity contribution in [2.75, 3.05) is 12.4 Å². The van der Waals surface area contributed by atoms with Crippen molar-refractivity contribution in [3.05, 3.63) is 89.1 Å². The first-order valence-electron chi connectivity index (χ1n) is 13.0. The van der Waals surface area contributed by atoms with E-state index in [0.717, 1.165) is 48.8 Å². The molecule has 1 fully saturated rings. The molecule has 7 heteroatoms. The van der Waals surface area contributed by atoms with Gasteiger partial charge < -0.3 is 9.47 Å². The molecule has 7 nitrogen and oxygen atoms in total. The van der Waals surface area contributed by atoms with Crippen LogP contribution in [0.1, 0.15) is 67.2 Å². The minimum atomic E-state index is -0.491. The average Bonchev–Trinajstić information content (AvgIpc) is 3.67. The normalized spacial score (nSPS) is 18.0. The van der Waals surface area contributed by atoms with E-state index in [1.807, 2.05) is 43.5 Å². The Morgan fingerprint density at radius 2 is 1.86 bits per heavy atom. The van der Waals surface area contributed by atoms with Gasteiger partial charge >= 0.3 is 12.1 Å². The van der Waals surface area contributed by atoms with Crippen LogP contribution in [0.4, 0.5) is 10.6 Å². The summed E-state index contributed by atoms with van der Waals surface area (Å²) in [5, 5.41) is 7.41. The SMILES string of the molecule is CCn1ncc(C2=CCC(c3ccc(C4(C(=O)OC)CC4)cc3)CC2)c1NC(=O)OCc1ccccc1. The van der Waals surface area contributed by atoms with Crippen molar-refractivity contribution >= 4 is 23.5 Å². The Balaban J connectivity index is 1.25. The quantitative estimate of drug-likeness (QED) is 0.373. The number of methoxy groups -OCH3 is 1. The second-order valence-corrected chi connectivity index (χ2v) is 9.81. The molecule has 192 valence electrons. The smallest absolute Gasteiger partial charge is 0.413 e. The third kappa shape index (κ3) is 5.17. The van der Waals surface area contributed by atoms with Crippen LogP contribution in [-0.4, -0.2) is 29.0 Å². The molecule has 0 saturated heterocycles. The van der Waals surface area contributed by atoms with Crippen molar-refractivity contribution in [1.29, 1.82) is 0 Å². The number of aromatic nitrogens is 2. The van der Waals surface area contributed by atoms with Crippen LogP contribution in [0.15, 0.2) is 66.9 Å². The standard InChI is InChI=1S/C30H33N3O4/c1-3-33-27(32-29(35)37-20-21-7-5-4-6-8-21)26(19-31-33)24-11-9-22(10-12-24)23-13-15-25(16-14-23)30(17-18-30)28(34)36-2/h4-8,11,13-16,19,22H,3,9-10,12,17-18,20H2,1-2H3,(H,32,35). The van der Waals surface area contributed by atoms with Crippen molar-refractivity contribution in [3.63, 3.8) is 0 Å². The number of allylic oxidation sites excluding steroid dienone is 2. The Kier molecular flexibility index (Phi) is 7.12. The van der Waals surface area contributed by atoms with Gasteiger partial charge in [0.25, 0.3) is 0 Å². The highest BCUT2D eigenvalue weighted by atomic mass is 16.5. The fourth-order valence-electron chi connectivity index (χ4n) is 5.23. The predicted molar refractivity (Wildman–Crippen MR) is 142 cm³/mol. The van der Waals surface area contributed by atoms with Gasteiger partial charge in [-0.15, -0.1) is 0 Å². The summed E-state index contributed by atoms with van der Waals surface area (Å²) in [7, 11) is 1.46. The highest BCUT2D eigenvalue weighted by molar-refractivity contribution is 5.88. The first-order valence-corrected chi connectivity index (χ1v) is 13.0. The van der Waals surface area contributed by atoms with E-state index in [9.17, 15) is 9.59 Å². The summed E-state index contributed by atoms with van der Waals surface area (Å²) in [5.41, 5.74) is 4.98. The lowest BCUT2D eigenvalue weighted by molar-refractivity contribution is -0.143. The first kappa shape index (κ1) is 24.8. The first-order chi connectivity index (χ1) is 18.0. The number of rotatable bonds is 8. The molecule has 37 heavy (non-hydrogen) atoms. The fraction of sp³-hybridized carbons (Fsp3) is 0.367. The van der Waals surface area contributed by atoms with E-state index in [-0.39, 0.29) is 12.6 Å². The Morgan fingerprint density at radius 3 is 2.49 bits per heavy atom. The molecule has 0 spiro atoms. The Morgan fingerprint density at radius 1 is 1.11 bits per heavy atom. The van der Waals surface area contributed by atoms with Crippen LogP contribution in [0.25, 0.3) is 5.57 Å². The van der Waals surface area contributed by atoms with Crippen molar-refractivity contribution in [2.24, 2.45) is 0 Å². The van der Waals surface area contributed by atoms with Gasteiger partial charge in [0.05, 0.1) is 18.7 Å². The number of hydrogen-bond acceptors (Lipinski definition) is 5. The summed E-state index contributed by atoms with van der Waals surface area (Å²) < 4.78 is 12.3. The van der Waals surface area contributed by atoms with E-state index in [0.29, 0.717) is 18.3 Å². The summed E-state index contributed by atoms with van der Waals surface area (Å²) >= 11 is 0. The fourth-order valence-corrected chi connectivity index (χ4v) is 5.23. The highest BCUT2D eigenvalue weighted by Crippen LogP contribution is 2.49. The molecular weight excluding hydrogens is 466 g/mol. The molecule has 2 aliphatic rings. The zero-order valence-electron chi connectivity index (χ0n) is 21.4. The van der Waals surface area contributed by atoms with Gasteiger partial charge in [-0.05, 0) is 67.2 Å². The van der Waals surface area contributed by atoms with Crippen molar-refractivity contribution < 1.29 is 19.1 Å². The number of nitrogens with one attached hydrogen (secondary N) is 1. The number of carbonyl (C=O) groups is 2. The number of carbonyl (C=O) groups excluding carboxylic acids is 2. The molecule has 5 rings (SSSR count). The molecule has 1 unspecified atom stereocenters. The van der Waals surface area contributed by atoms with Gasteiger partial charge in [0.15, 0.2) is 0 Å². The van der Waals surface area contributed by atoms with Gasteiger partial charge in [0.2, 0.25) is 0 Å². The Labute approximate surface area is 217 Å². The molecule has 3 aromatic rings. The molecule has 1 N–H and O–H groups in total. The van der Waals surface area contributed by atoms with Crippen LogP contribution in [0.2, 0.25) is 0 Å². The monoisotopic (exact) mass is 499 g/mol. The number of anilines is 1. The lowest BCUT2D eigenvalue weighted by Crippen LogP contribution is -2.21. The van der Waals surface area contributed by atoms with E-state index < -0.39 is 11.5 Å². The van der Waals surface area contributed by atoms with Crippen LogP contribution >= 0.6 is 0 Å². The summed E-state index contributed by atoms with van der Waals surface area (Å²) in [6.45, 7) is 2.86. The van der Waals surface area contributed by atoms with Gasteiger partial charge in [-0.2, -0.15) is 5.10 Å². The second-order valence-electron chi connectivity index (χ2n) is 9.81. The lowest BCUT2D eigenvalue weighted by atomic mass is 9.82. The minimum Gasteiger partial charge on any atom is -0.468 e. The Bertz CT molecular complexity index is 1290. The van der Waals surface area contributed by atoms with Crippen LogP contribution < -0.4 is 5.32 Å². The number of ether oxygens (including phenoxy) is 2. The molecule has 1 aromatic heterocycles. The number of aryl methyl sites for hydroxylation is 1. The van der Waals surface area contributed by atoms with Gasteiger partial charge in [-0.1, -0.05) is 60.7 Å². The lowest BCUT2D eigenvalue weighted by Gasteiger charge is -2.23.